The lowest BCUT2D eigenvalue weighted by Crippen LogP contribution is -2.25. The Kier molecular flexibility index (Phi) is 5.13. The van der Waals surface area contributed by atoms with E-state index >= 15 is 0 Å². The summed E-state index contributed by atoms with van der Waals surface area (Å²) in [4.78, 5) is 20.4. The van der Waals surface area contributed by atoms with Crippen LogP contribution >= 0.6 is 0 Å². The molecular formula is C7H9NO4. The van der Waals surface area contributed by atoms with E-state index in [4.69, 9.17) is 5.11 Å². The van der Waals surface area contributed by atoms with Crippen molar-refractivity contribution in [2.24, 2.45) is 0 Å². The highest BCUT2D eigenvalue weighted by atomic mass is 16.5. The molecule has 0 aliphatic heterocycles. The van der Waals surface area contributed by atoms with Crippen LogP contribution in [-0.4, -0.2) is 30.3 Å². The van der Waals surface area contributed by atoms with Crippen LogP contribution in [0.4, 0.5) is 4.79 Å². The normalized spacial score (nSPS) is 8.00. The molecule has 0 aliphatic carbocycles. The fourth-order valence-corrected chi connectivity index (χ4v) is 0.435. The second-order valence-corrected chi connectivity index (χ2v) is 1.75. The summed E-state index contributed by atoms with van der Waals surface area (Å²) < 4.78 is 4.51. The SMILES string of the molecule is C=C=CC(=O)OCCNC(=O)O. The Hall–Kier alpha value is -1.74. The summed E-state index contributed by atoms with van der Waals surface area (Å²) in [6.45, 7) is 3.24. The first-order chi connectivity index (χ1) is 5.66. The molecule has 0 rings (SSSR count). The molecule has 0 saturated carbocycles. The Balaban J connectivity index is 3.37. The molecule has 0 aromatic heterocycles. The van der Waals surface area contributed by atoms with Crippen LogP contribution < -0.4 is 5.32 Å². The zero-order chi connectivity index (χ0) is 9.40. The summed E-state index contributed by atoms with van der Waals surface area (Å²) in [5, 5.41) is 10.1. The van der Waals surface area contributed by atoms with E-state index in [9.17, 15) is 9.59 Å². The lowest BCUT2D eigenvalue weighted by Gasteiger charge is -2.00. The van der Waals surface area contributed by atoms with Crippen LogP contribution in [0.15, 0.2) is 18.4 Å². The van der Waals surface area contributed by atoms with E-state index in [0.29, 0.717) is 0 Å². The van der Waals surface area contributed by atoms with E-state index in [-0.39, 0.29) is 13.2 Å². The molecule has 0 heterocycles. The van der Waals surface area contributed by atoms with Gasteiger partial charge < -0.3 is 15.2 Å². The van der Waals surface area contributed by atoms with Gasteiger partial charge in [-0.25, -0.2) is 9.59 Å². The Morgan fingerprint density at radius 2 is 2.33 bits per heavy atom. The summed E-state index contributed by atoms with van der Waals surface area (Å²) in [6.07, 6.45) is -0.119. The van der Waals surface area contributed by atoms with Crippen molar-refractivity contribution < 1.29 is 19.4 Å². The predicted octanol–water partition coefficient (Wildman–Crippen LogP) is 0.138. The van der Waals surface area contributed by atoms with Crippen LogP contribution in [-0.2, 0) is 9.53 Å². The molecule has 0 unspecified atom stereocenters. The van der Waals surface area contributed by atoms with Gasteiger partial charge in [-0.1, -0.05) is 6.58 Å². The first kappa shape index (κ1) is 10.3. The zero-order valence-corrected chi connectivity index (χ0v) is 6.37. The number of hydrogen-bond acceptors (Lipinski definition) is 3. The molecule has 1 amide bonds. The van der Waals surface area contributed by atoms with Gasteiger partial charge in [0.25, 0.3) is 0 Å². The summed E-state index contributed by atoms with van der Waals surface area (Å²) in [5.41, 5.74) is 2.23. The number of nitrogens with one attached hydrogen (secondary N) is 1. The van der Waals surface area contributed by atoms with Gasteiger partial charge in [0.2, 0.25) is 0 Å². The number of carbonyl (C=O) groups excluding carboxylic acids is 1. The van der Waals surface area contributed by atoms with Crippen molar-refractivity contribution in [2.45, 2.75) is 0 Å². The second-order valence-electron chi connectivity index (χ2n) is 1.75. The van der Waals surface area contributed by atoms with Gasteiger partial charge in [-0.15, -0.1) is 5.73 Å². The van der Waals surface area contributed by atoms with E-state index in [1.807, 2.05) is 5.32 Å². The number of carboxylic acid groups (broad SMARTS) is 1. The average Bonchev–Trinajstić information content (AvgIpc) is 1.98. The van der Waals surface area contributed by atoms with E-state index in [1.54, 1.807) is 0 Å². The molecule has 0 aliphatic rings. The lowest BCUT2D eigenvalue weighted by atomic mass is 10.6. The number of hydrogen-bond donors (Lipinski definition) is 2. The van der Waals surface area contributed by atoms with E-state index in [0.717, 1.165) is 6.08 Å². The number of esters is 1. The van der Waals surface area contributed by atoms with Gasteiger partial charge in [0.05, 0.1) is 12.6 Å². The smallest absolute Gasteiger partial charge is 0.404 e. The predicted molar refractivity (Wildman–Crippen MR) is 40.7 cm³/mol. The Morgan fingerprint density at radius 1 is 1.67 bits per heavy atom. The van der Waals surface area contributed by atoms with E-state index in [1.165, 1.54) is 0 Å². The van der Waals surface area contributed by atoms with Crippen LogP contribution in [0.5, 0.6) is 0 Å². The van der Waals surface area contributed by atoms with Crippen molar-refractivity contribution in [1.82, 2.24) is 5.32 Å². The van der Waals surface area contributed by atoms with Crippen molar-refractivity contribution in [3.8, 4) is 0 Å². The maximum absolute atomic E-state index is 10.5. The summed E-state index contributed by atoms with van der Waals surface area (Å²) in [5.74, 6) is -0.586. The molecule has 0 bridgehead atoms. The fourth-order valence-electron chi connectivity index (χ4n) is 0.435. The molecule has 0 aromatic carbocycles. The van der Waals surface area contributed by atoms with E-state index < -0.39 is 12.1 Å². The molecule has 0 saturated heterocycles. The molecule has 5 nitrogen and oxygen atoms in total. The van der Waals surface area contributed by atoms with Gasteiger partial charge >= 0.3 is 12.1 Å². The highest BCUT2D eigenvalue weighted by Gasteiger charge is 1.96. The highest BCUT2D eigenvalue weighted by Crippen LogP contribution is 1.77. The number of ether oxygens (including phenoxy) is 1. The summed E-state index contributed by atoms with van der Waals surface area (Å²) in [6, 6.07) is 0. The highest BCUT2D eigenvalue weighted by molar-refractivity contribution is 5.81. The summed E-state index contributed by atoms with van der Waals surface area (Å²) in [7, 11) is 0. The molecule has 5 heteroatoms. The minimum atomic E-state index is -1.15. The van der Waals surface area contributed by atoms with Crippen molar-refractivity contribution in [2.75, 3.05) is 13.2 Å². The first-order valence-corrected chi connectivity index (χ1v) is 3.16. The molecule has 0 aromatic rings. The van der Waals surface area contributed by atoms with Crippen LogP contribution in [0.2, 0.25) is 0 Å². The number of rotatable bonds is 4. The topological polar surface area (TPSA) is 75.6 Å². The minimum Gasteiger partial charge on any atom is -0.465 e. The fraction of sp³-hybridized carbons (Fsp3) is 0.286. The van der Waals surface area contributed by atoms with Crippen molar-refractivity contribution in [3.63, 3.8) is 0 Å². The van der Waals surface area contributed by atoms with Gasteiger partial charge in [0.15, 0.2) is 0 Å². The zero-order valence-electron chi connectivity index (χ0n) is 6.37. The molecule has 12 heavy (non-hydrogen) atoms. The van der Waals surface area contributed by atoms with Crippen molar-refractivity contribution in [1.29, 1.82) is 0 Å². The monoisotopic (exact) mass is 171 g/mol. The Bertz CT molecular complexity index is 217. The maximum Gasteiger partial charge on any atom is 0.404 e. The largest absolute Gasteiger partial charge is 0.465 e. The van der Waals surface area contributed by atoms with Gasteiger partial charge in [-0.2, -0.15) is 0 Å². The maximum atomic E-state index is 10.5. The van der Waals surface area contributed by atoms with Crippen LogP contribution in [0.25, 0.3) is 0 Å². The first-order valence-electron chi connectivity index (χ1n) is 3.16. The minimum absolute atomic E-state index is 0.00329. The van der Waals surface area contributed by atoms with Gasteiger partial charge in [0, 0.05) is 0 Å². The van der Waals surface area contributed by atoms with Crippen molar-refractivity contribution >= 4 is 12.1 Å². The third-order valence-electron chi connectivity index (χ3n) is 0.843. The Morgan fingerprint density at radius 3 is 2.83 bits per heavy atom. The van der Waals surface area contributed by atoms with Crippen LogP contribution in [0.3, 0.4) is 0 Å². The third kappa shape index (κ3) is 6.38. The molecule has 2 N–H and O–H groups in total. The van der Waals surface area contributed by atoms with Gasteiger partial charge in [-0.05, 0) is 0 Å². The van der Waals surface area contributed by atoms with Gasteiger partial charge in [-0.3, -0.25) is 0 Å². The van der Waals surface area contributed by atoms with Crippen LogP contribution in [0.1, 0.15) is 0 Å². The lowest BCUT2D eigenvalue weighted by molar-refractivity contribution is -0.137. The second kappa shape index (κ2) is 6.00. The average molecular weight is 171 g/mol. The standard InChI is InChI=1S/C7H9NO4/c1-2-3-6(9)12-5-4-8-7(10)11/h3,8H,1,4-5H2,(H,10,11). The number of amides is 1. The molecule has 0 fully saturated rings. The quantitative estimate of drug-likeness (QED) is 0.273. The molecular weight excluding hydrogens is 162 g/mol. The van der Waals surface area contributed by atoms with Crippen molar-refractivity contribution in [3.05, 3.63) is 18.4 Å². The molecule has 0 radical (unpaired) electrons. The molecule has 0 spiro atoms. The molecule has 0 atom stereocenters. The van der Waals surface area contributed by atoms with Gasteiger partial charge in [0.1, 0.15) is 6.61 Å². The van der Waals surface area contributed by atoms with Crippen LogP contribution in [0, 0.1) is 0 Å². The molecule has 66 valence electrons. The Labute approximate surface area is 69.3 Å². The third-order valence-corrected chi connectivity index (χ3v) is 0.843. The van der Waals surface area contributed by atoms with E-state index in [2.05, 4.69) is 17.0 Å². The summed E-state index contributed by atoms with van der Waals surface area (Å²) >= 11 is 0. The number of carbonyl (C=O) groups is 2.